The van der Waals surface area contributed by atoms with Gasteiger partial charge in [-0.1, -0.05) is 60.1 Å². The molecule has 18 heavy (non-hydrogen) atoms. The van der Waals surface area contributed by atoms with Gasteiger partial charge in [-0.25, -0.2) is 0 Å². The molecule has 0 unspecified atom stereocenters. The molecule has 1 rings (SSSR count). The molecule has 2 nitrogen and oxygen atoms in total. The van der Waals surface area contributed by atoms with Crippen molar-refractivity contribution < 1.29 is 4.74 Å². The number of ether oxygens (including phenoxy) is 1. The van der Waals surface area contributed by atoms with E-state index in [4.69, 9.17) is 4.74 Å². The molecule has 0 aliphatic carbocycles. The van der Waals surface area contributed by atoms with Gasteiger partial charge in [0.05, 0.1) is 6.61 Å². The Labute approximate surface area is 119 Å². The fourth-order valence-electron chi connectivity index (χ4n) is 1.74. The van der Waals surface area contributed by atoms with Crippen LogP contribution in [0.15, 0.2) is 30.3 Å². The zero-order valence-electron chi connectivity index (χ0n) is 11.4. The third kappa shape index (κ3) is 7.14. The summed E-state index contributed by atoms with van der Waals surface area (Å²) >= 11 is 3.51. The quantitative estimate of drug-likeness (QED) is 0.510. The maximum absolute atomic E-state index is 5.65. The molecule has 0 heterocycles. The summed E-state index contributed by atoms with van der Waals surface area (Å²) in [6.45, 7) is 9.08. The Morgan fingerprint density at radius 1 is 1.17 bits per heavy atom. The van der Waals surface area contributed by atoms with Crippen LogP contribution < -0.4 is 0 Å². The highest BCUT2D eigenvalue weighted by atomic mass is 79.9. The van der Waals surface area contributed by atoms with Gasteiger partial charge >= 0.3 is 0 Å². The summed E-state index contributed by atoms with van der Waals surface area (Å²) < 4.78 is 5.65. The minimum Gasteiger partial charge on any atom is -0.380 e. The lowest BCUT2D eigenvalue weighted by Gasteiger charge is -2.21. The zero-order valence-corrected chi connectivity index (χ0v) is 13.0. The molecule has 0 fully saturated rings. The first-order valence-corrected chi connectivity index (χ1v) is 7.74. The Morgan fingerprint density at radius 2 is 1.89 bits per heavy atom. The number of rotatable bonds is 9. The van der Waals surface area contributed by atoms with Crippen LogP contribution in [0.4, 0.5) is 0 Å². The van der Waals surface area contributed by atoms with E-state index in [1.807, 2.05) is 0 Å². The summed E-state index contributed by atoms with van der Waals surface area (Å²) in [5.74, 6) is 0.615. The first-order valence-electron chi connectivity index (χ1n) is 6.62. The van der Waals surface area contributed by atoms with E-state index in [-0.39, 0.29) is 0 Å². The number of benzene rings is 1. The summed E-state index contributed by atoms with van der Waals surface area (Å²) in [6.07, 6.45) is 0. The predicted molar refractivity (Wildman–Crippen MR) is 81.2 cm³/mol. The fraction of sp³-hybridized carbons (Fsp3) is 0.600. The molecule has 0 aromatic heterocycles. The van der Waals surface area contributed by atoms with E-state index >= 15 is 0 Å². The molecule has 0 aliphatic heterocycles. The first kappa shape index (κ1) is 15.7. The van der Waals surface area contributed by atoms with Crippen molar-refractivity contribution in [2.45, 2.75) is 20.4 Å². The molecule has 0 saturated heterocycles. The van der Waals surface area contributed by atoms with Crippen LogP contribution in [-0.4, -0.2) is 36.5 Å². The Kier molecular flexibility index (Phi) is 8.31. The molecule has 0 N–H and O–H groups in total. The molecular weight excluding hydrogens is 290 g/mol. The van der Waals surface area contributed by atoms with Gasteiger partial charge in [0, 0.05) is 31.6 Å². The van der Waals surface area contributed by atoms with Crippen LogP contribution in [-0.2, 0) is 11.3 Å². The third-order valence-electron chi connectivity index (χ3n) is 2.65. The van der Waals surface area contributed by atoms with Crippen LogP contribution in [0.2, 0.25) is 0 Å². The van der Waals surface area contributed by atoms with Crippen LogP contribution in [0.5, 0.6) is 0 Å². The summed E-state index contributed by atoms with van der Waals surface area (Å²) in [5, 5.41) is 1.00. The van der Waals surface area contributed by atoms with Gasteiger partial charge in [0.2, 0.25) is 0 Å². The fourth-order valence-corrected chi connectivity index (χ4v) is 2.25. The summed E-state index contributed by atoms with van der Waals surface area (Å²) in [4.78, 5) is 2.42. The van der Waals surface area contributed by atoms with Gasteiger partial charge in [-0.3, -0.25) is 4.90 Å². The van der Waals surface area contributed by atoms with Gasteiger partial charge < -0.3 is 4.74 Å². The van der Waals surface area contributed by atoms with E-state index in [0.29, 0.717) is 5.92 Å². The molecule has 0 saturated carbocycles. The summed E-state index contributed by atoms with van der Waals surface area (Å²) in [6, 6.07) is 10.6. The maximum atomic E-state index is 5.65. The second-order valence-electron chi connectivity index (χ2n) is 4.92. The van der Waals surface area contributed by atoms with Gasteiger partial charge in [-0.05, 0) is 11.5 Å². The van der Waals surface area contributed by atoms with Gasteiger partial charge in [-0.15, -0.1) is 0 Å². The van der Waals surface area contributed by atoms with Crippen molar-refractivity contribution in [2.24, 2.45) is 5.92 Å². The molecule has 0 spiro atoms. The van der Waals surface area contributed by atoms with E-state index in [1.54, 1.807) is 0 Å². The number of hydrogen-bond acceptors (Lipinski definition) is 2. The second-order valence-corrected chi connectivity index (χ2v) is 5.71. The average molecular weight is 314 g/mol. The zero-order chi connectivity index (χ0) is 13.2. The molecule has 0 aliphatic rings. The van der Waals surface area contributed by atoms with Crippen molar-refractivity contribution >= 4 is 15.9 Å². The summed E-state index contributed by atoms with van der Waals surface area (Å²) in [5.41, 5.74) is 1.36. The maximum Gasteiger partial charge on any atom is 0.0593 e. The third-order valence-corrected chi connectivity index (χ3v) is 3.01. The van der Waals surface area contributed by atoms with Crippen molar-refractivity contribution in [3.8, 4) is 0 Å². The topological polar surface area (TPSA) is 12.5 Å². The van der Waals surface area contributed by atoms with Crippen molar-refractivity contribution in [3.05, 3.63) is 35.9 Å². The van der Waals surface area contributed by atoms with E-state index in [2.05, 4.69) is 65.0 Å². The van der Waals surface area contributed by atoms with Crippen molar-refractivity contribution in [1.29, 1.82) is 0 Å². The molecule has 0 bridgehead atoms. The number of nitrogens with zero attached hydrogens (tertiary/aromatic N) is 1. The Balaban J connectivity index is 2.31. The average Bonchev–Trinajstić information content (AvgIpc) is 2.36. The molecule has 0 radical (unpaired) electrons. The minimum absolute atomic E-state index is 0.615. The van der Waals surface area contributed by atoms with Crippen molar-refractivity contribution in [3.63, 3.8) is 0 Å². The lowest BCUT2D eigenvalue weighted by molar-refractivity contribution is 0.0852. The van der Waals surface area contributed by atoms with E-state index in [0.717, 1.165) is 38.2 Å². The van der Waals surface area contributed by atoms with Gasteiger partial charge in [0.15, 0.2) is 0 Å². The van der Waals surface area contributed by atoms with E-state index < -0.39 is 0 Å². The van der Waals surface area contributed by atoms with Crippen LogP contribution in [0.1, 0.15) is 19.4 Å². The standard InChI is InChI=1S/C15H24BrNO/c1-14(2)13-18-11-10-17(9-8-16)12-15-6-4-3-5-7-15/h3-7,14H,8-13H2,1-2H3. The van der Waals surface area contributed by atoms with Crippen LogP contribution in [0.25, 0.3) is 0 Å². The van der Waals surface area contributed by atoms with Gasteiger partial charge in [0.25, 0.3) is 0 Å². The monoisotopic (exact) mass is 313 g/mol. The van der Waals surface area contributed by atoms with Crippen LogP contribution in [0.3, 0.4) is 0 Å². The highest BCUT2D eigenvalue weighted by Gasteiger charge is 2.05. The molecule has 102 valence electrons. The minimum atomic E-state index is 0.615. The molecule has 0 amide bonds. The molecule has 3 heteroatoms. The largest absolute Gasteiger partial charge is 0.380 e. The van der Waals surface area contributed by atoms with Crippen LogP contribution in [0, 0.1) is 5.92 Å². The molecule has 1 aromatic carbocycles. The molecule has 0 atom stereocenters. The van der Waals surface area contributed by atoms with Crippen LogP contribution >= 0.6 is 15.9 Å². The predicted octanol–water partition coefficient (Wildman–Crippen LogP) is 3.56. The number of alkyl halides is 1. The Morgan fingerprint density at radius 3 is 2.50 bits per heavy atom. The van der Waals surface area contributed by atoms with Crippen molar-refractivity contribution in [2.75, 3.05) is 31.6 Å². The van der Waals surface area contributed by atoms with E-state index in [1.165, 1.54) is 5.56 Å². The molecule has 1 aromatic rings. The Bertz CT molecular complexity index is 303. The summed E-state index contributed by atoms with van der Waals surface area (Å²) in [7, 11) is 0. The normalized spacial score (nSPS) is 11.4. The van der Waals surface area contributed by atoms with Crippen molar-refractivity contribution in [1.82, 2.24) is 4.90 Å². The number of halogens is 1. The van der Waals surface area contributed by atoms with E-state index in [9.17, 15) is 0 Å². The SMILES string of the molecule is CC(C)COCCN(CCBr)Cc1ccccc1. The van der Waals surface area contributed by atoms with Gasteiger partial charge in [-0.2, -0.15) is 0 Å². The van der Waals surface area contributed by atoms with Gasteiger partial charge in [0.1, 0.15) is 0 Å². The lowest BCUT2D eigenvalue weighted by Crippen LogP contribution is -2.29. The second kappa shape index (κ2) is 9.54. The Hall–Kier alpha value is -0.380. The smallest absolute Gasteiger partial charge is 0.0593 e. The highest BCUT2D eigenvalue weighted by Crippen LogP contribution is 2.05. The highest BCUT2D eigenvalue weighted by molar-refractivity contribution is 9.09. The molecular formula is C15H24BrNO. The first-order chi connectivity index (χ1) is 8.72. The number of hydrogen-bond donors (Lipinski definition) is 0. The lowest BCUT2D eigenvalue weighted by atomic mass is 10.2.